The van der Waals surface area contributed by atoms with E-state index in [2.05, 4.69) is 4.99 Å². The molecule has 8 heteroatoms. The fourth-order valence-corrected chi connectivity index (χ4v) is 7.81. The quantitative estimate of drug-likeness (QED) is 0.745. The molecule has 2 aliphatic heterocycles. The second-order valence-electron chi connectivity index (χ2n) is 7.61. The summed E-state index contributed by atoms with van der Waals surface area (Å²) >= 11 is 1.36. The summed E-state index contributed by atoms with van der Waals surface area (Å²) in [5, 5.41) is 0.394. The number of amidine groups is 1. The highest BCUT2D eigenvalue weighted by atomic mass is 32.2. The summed E-state index contributed by atoms with van der Waals surface area (Å²) in [6.45, 7) is 3.97. The lowest BCUT2D eigenvalue weighted by atomic mass is 10.1. The molecule has 0 aliphatic carbocycles. The van der Waals surface area contributed by atoms with Crippen molar-refractivity contribution in [2.24, 2.45) is 4.99 Å². The molecule has 0 N–H and O–H groups in total. The van der Waals surface area contributed by atoms with Gasteiger partial charge in [0.05, 0.1) is 24.0 Å². The molecule has 0 spiro atoms. The van der Waals surface area contributed by atoms with Gasteiger partial charge in [0.15, 0.2) is 15.0 Å². The summed E-state index contributed by atoms with van der Waals surface area (Å²) in [6.07, 6.45) is 0.0681. The van der Waals surface area contributed by atoms with E-state index in [0.717, 1.165) is 16.8 Å². The molecule has 5 nitrogen and oxygen atoms in total. The number of benzene rings is 2. The molecule has 2 heterocycles. The minimum atomic E-state index is -3.11. The van der Waals surface area contributed by atoms with E-state index in [1.165, 1.54) is 23.9 Å². The SMILES string of the molecule is Cc1cc(C)cc(N2C(=NC(=O)Cc3ccc(F)cc3)S[C@@H]3CS(=O)(=O)C[C@H]32)c1. The van der Waals surface area contributed by atoms with E-state index in [4.69, 9.17) is 0 Å². The first-order chi connectivity index (χ1) is 13.7. The Balaban J connectivity index is 1.66. The summed E-state index contributed by atoms with van der Waals surface area (Å²) in [6, 6.07) is 11.6. The minimum absolute atomic E-state index is 0.0584. The fourth-order valence-electron chi connectivity index (χ4n) is 3.88. The minimum Gasteiger partial charge on any atom is -0.316 e. The number of hydrogen-bond donors (Lipinski definition) is 0. The van der Waals surface area contributed by atoms with Crippen molar-refractivity contribution in [3.8, 4) is 0 Å². The van der Waals surface area contributed by atoms with Crippen LogP contribution in [0, 0.1) is 19.7 Å². The number of hydrogen-bond acceptors (Lipinski definition) is 4. The molecule has 0 bridgehead atoms. The number of aliphatic imine (C=N–C) groups is 1. The van der Waals surface area contributed by atoms with Gasteiger partial charge in [-0.3, -0.25) is 4.79 Å². The highest BCUT2D eigenvalue weighted by Crippen LogP contribution is 2.41. The van der Waals surface area contributed by atoms with Crippen LogP contribution in [0.15, 0.2) is 47.5 Å². The van der Waals surface area contributed by atoms with Gasteiger partial charge < -0.3 is 4.90 Å². The number of rotatable bonds is 3. The van der Waals surface area contributed by atoms with Gasteiger partial charge in [-0.25, -0.2) is 12.8 Å². The monoisotopic (exact) mass is 432 g/mol. The van der Waals surface area contributed by atoms with Crippen LogP contribution in [0.1, 0.15) is 16.7 Å². The molecule has 0 unspecified atom stereocenters. The normalized spacial score (nSPS) is 24.1. The van der Waals surface area contributed by atoms with Gasteiger partial charge in [0.2, 0.25) is 0 Å². The standard InChI is InChI=1S/C21H21FN2O3S2/c1-13-7-14(2)9-17(8-13)24-18-11-29(26,27)12-19(18)28-21(24)23-20(25)10-15-3-5-16(22)6-4-15/h3-9,18-19H,10-12H2,1-2H3/t18-,19-/m1/s1. The maximum Gasteiger partial charge on any atom is 0.252 e. The molecule has 29 heavy (non-hydrogen) atoms. The average molecular weight is 433 g/mol. The van der Waals surface area contributed by atoms with Gasteiger partial charge in [-0.15, -0.1) is 0 Å². The number of aryl methyl sites for hydroxylation is 2. The van der Waals surface area contributed by atoms with Gasteiger partial charge in [-0.1, -0.05) is 30.0 Å². The van der Waals surface area contributed by atoms with Gasteiger partial charge in [-0.2, -0.15) is 4.99 Å². The number of fused-ring (bicyclic) bond motifs is 1. The van der Waals surface area contributed by atoms with E-state index >= 15 is 0 Å². The average Bonchev–Trinajstić information content (AvgIpc) is 3.06. The molecule has 2 fully saturated rings. The van der Waals surface area contributed by atoms with Crippen molar-refractivity contribution in [2.45, 2.75) is 31.6 Å². The summed E-state index contributed by atoms with van der Waals surface area (Å²) in [7, 11) is -3.11. The largest absolute Gasteiger partial charge is 0.316 e. The van der Waals surface area contributed by atoms with E-state index in [-0.39, 0.29) is 40.9 Å². The van der Waals surface area contributed by atoms with Crippen LogP contribution in [0.25, 0.3) is 0 Å². The number of carbonyl (C=O) groups excluding carboxylic acids is 1. The molecular weight excluding hydrogens is 411 g/mol. The van der Waals surface area contributed by atoms with Gasteiger partial charge in [0, 0.05) is 10.9 Å². The lowest BCUT2D eigenvalue weighted by Crippen LogP contribution is -2.37. The van der Waals surface area contributed by atoms with E-state index in [1.54, 1.807) is 12.1 Å². The predicted octanol–water partition coefficient (Wildman–Crippen LogP) is 3.29. The smallest absolute Gasteiger partial charge is 0.252 e. The number of nitrogens with zero attached hydrogens (tertiary/aromatic N) is 2. The van der Waals surface area contributed by atoms with Crippen LogP contribution in [0.2, 0.25) is 0 Å². The zero-order chi connectivity index (χ0) is 20.8. The predicted molar refractivity (Wildman–Crippen MR) is 115 cm³/mol. The van der Waals surface area contributed by atoms with Crippen molar-refractivity contribution in [1.29, 1.82) is 0 Å². The molecule has 2 atom stereocenters. The maximum absolute atomic E-state index is 13.1. The first-order valence-corrected chi connectivity index (χ1v) is 12.0. The summed E-state index contributed by atoms with van der Waals surface area (Å²) in [4.78, 5) is 18.8. The third kappa shape index (κ3) is 4.38. The van der Waals surface area contributed by atoms with Crippen molar-refractivity contribution in [3.63, 3.8) is 0 Å². The van der Waals surface area contributed by atoms with Gasteiger partial charge in [0.1, 0.15) is 5.82 Å². The fraction of sp³-hybridized carbons (Fsp3) is 0.333. The molecule has 0 radical (unpaired) electrons. The topological polar surface area (TPSA) is 66.8 Å². The van der Waals surface area contributed by atoms with Gasteiger partial charge in [0.25, 0.3) is 5.91 Å². The lowest BCUT2D eigenvalue weighted by Gasteiger charge is -2.25. The molecule has 0 aromatic heterocycles. The van der Waals surface area contributed by atoms with Crippen LogP contribution >= 0.6 is 11.8 Å². The molecule has 1 amide bonds. The Bertz CT molecular complexity index is 1080. The zero-order valence-electron chi connectivity index (χ0n) is 16.1. The highest BCUT2D eigenvalue weighted by Gasteiger charge is 2.49. The van der Waals surface area contributed by atoms with Gasteiger partial charge >= 0.3 is 0 Å². The number of sulfone groups is 1. The molecule has 2 aromatic carbocycles. The van der Waals surface area contributed by atoms with Crippen LogP contribution in [0.4, 0.5) is 10.1 Å². The summed E-state index contributed by atoms with van der Waals surface area (Å²) in [5.74, 6) is -0.539. The number of carbonyl (C=O) groups is 1. The molecule has 2 aromatic rings. The van der Waals surface area contributed by atoms with E-state index in [0.29, 0.717) is 10.7 Å². The summed E-state index contributed by atoms with van der Waals surface area (Å²) in [5.41, 5.74) is 3.66. The molecule has 0 saturated carbocycles. The molecule has 2 aliphatic rings. The van der Waals surface area contributed by atoms with Crippen LogP contribution < -0.4 is 4.90 Å². The molecule has 4 rings (SSSR count). The Hall–Kier alpha value is -2.19. The third-order valence-corrected chi connectivity index (χ3v) is 8.25. The first-order valence-electron chi connectivity index (χ1n) is 9.31. The highest BCUT2D eigenvalue weighted by molar-refractivity contribution is 8.16. The van der Waals surface area contributed by atoms with Crippen molar-refractivity contribution in [1.82, 2.24) is 0 Å². The van der Waals surface area contributed by atoms with Crippen LogP contribution in [0.5, 0.6) is 0 Å². The summed E-state index contributed by atoms with van der Waals surface area (Å²) < 4.78 is 37.4. The molecule has 152 valence electrons. The van der Waals surface area contributed by atoms with Crippen LogP contribution in [0.3, 0.4) is 0 Å². The molecular formula is C21H21FN2O3S2. The van der Waals surface area contributed by atoms with E-state index in [1.807, 2.05) is 36.9 Å². The number of amides is 1. The maximum atomic E-state index is 13.1. The Morgan fingerprint density at radius 2 is 1.79 bits per heavy atom. The van der Waals surface area contributed by atoms with Crippen LogP contribution in [-0.4, -0.2) is 42.3 Å². The first kappa shape index (κ1) is 20.1. The van der Waals surface area contributed by atoms with E-state index < -0.39 is 9.84 Å². The second kappa shape index (κ2) is 7.57. The lowest BCUT2D eigenvalue weighted by molar-refractivity contribution is -0.117. The Morgan fingerprint density at radius 1 is 1.14 bits per heavy atom. The molecule has 2 saturated heterocycles. The van der Waals surface area contributed by atoms with E-state index in [9.17, 15) is 17.6 Å². The van der Waals surface area contributed by atoms with Crippen molar-refractivity contribution in [3.05, 3.63) is 65.0 Å². The number of halogens is 1. The second-order valence-corrected chi connectivity index (χ2v) is 11.0. The Labute approximate surface area is 173 Å². The number of anilines is 1. The third-order valence-electron chi connectivity index (χ3n) is 5.04. The number of thioether (sulfide) groups is 1. The Morgan fingerprint density at radius 3 is 2.45 bits per heavy atom. The van der Waals surface area contributed by atoms with Crippen molar-refractivity contribution in [2.75, 3.05) is 16.4 Å². The zero-order valence-corrected chi connectivity index (χ0v) is 17.8. The van der Waals surface area contributed by atoms with Crippen molar-refractivity contribution < 1.29 is 17.6 Å². The van der Waals surface area contributed by atoms with Gasteiger partial charge in [-0.05, 0) is 54.8 Å². The van der Waals surface area contributed by atoms with Crippen LogP contribution in [-0.2, 0) is 21.1 Å². The van der Waals surface area contributed by atoms with Crippen molar-refractivity contribution >= 4 is 38.4 Å². The Kier molecular flexibility index (Phi) is 5.25.